The molecule has 1 N–H and O–H groups in total. The van der Waals surface area contributed by atoms with Gasteiger partial charge in [-0.25, -0.2) is 5.43 Å². The standard InChI is InChI=1S/C32H28N4O2/c1-38-30-20-15-27(16-21-30)32(37)34-33-23-25-13-18-29(19-14-25)36-31(26-10-6-3-7-11-26)22-28(35-36)17-12-24-8-4-2-5-9-24/h2-21,23,31H,22H2,1H3,(H,34,37)/b17-12+,33-23-/t31-/m1/s1. The maximum absolute atomic E-state index is 12.3. The Morgan fingerprint density at radius 1 is 0.868 bits per heavy atom. The van der Waals surface area contributed by atoms with Gasteiger partial charge in [-0.1, -0.05) is 78.9 Å². The molecule has 4 aromatic rings. The molecule has 4 aromatic carbocycles. The van der Waals surface area contributed by atoms with Crippen LogP contribution < -0.4 is 15.2 Å². The molecule has 1 aliphatic rings. The quantitative estimate of drug-likeness (QED) is 0.222. The Labute approximate surface area is 222 Å². The Bertz CT molecular complexity index is 1450. The van der Waals surface area contributed by atoms with Gasteiger partial charge in [-0.2, -0.15) is 10.2 Å². The zero-order valence-corrected chi connectivity index (χ0v) is 21.1. The number of carbonyl (C=O) groups excluding carboxylic acids is 1. The minimum atomic E-state index is -0.284. The first-order valence-corrected chi connectivity index (χ1v) is 12.4. The van der Waals surface area contributed by atoms with E-state index in [1.54, 1.807) is 37.6 Å². The SMILES string of the molecule is COc1ccc(C(=O)N/N=C\c2ccc(N3N=C(/C=C/c4ccccc4)C[C@@H]3c3ccccc3)cc2)cc1. The van der Waals surface area contributed by atoms with Crippen LogP contribution in [0.15, 0.2) is 125 Å². The van der Waals surface area contributed by atoms with Crippen LogP contribution in [0.5, 0.6) is 5.75 Å². The first-order chi connectivity index (χ1) is 18.7. The summed E-state index contributed by atoms with van der Waals surface area (Å²) in [7, 11) is 1.59. The number of hydrogen-bond donors (Lipinski definition) is 1. The molecule has 1 aliphatic heterocycles. The molecule has 1 atom stereocenters. The zero-order valence-electron chi connectivity index (χ0n) is 21.1. The van der Waals surface area contributed by atoms with Gasteiger partial charge in [0.25, 0.3) is 5.91 Å². The number of hydrazone groups is 2. The lowest BCUT2D eigenvalue weighted by molar-refractivity contribution is 0.0955. The van der Waals surface area contributed by atoms with E-state index < -0.39 is 0 Å². The van der Waals surface area contributed by atoms with Crippen molar-refractivity contribution in [2.75, 3.05) is 12.1 Å². The van der Waals surface area contributed by atoms with Crippen LogP contribution in [0.4, 0.5) is 5.69 Å². The second-order valence-electron chi connectivity index (χ2n) is 8.83. The number of allylic oxidation sites excluding steroid dienone is 1. The smallest absolute Gasteiger partial charge is 0.271 e. The fourth-order valence-corrected chi connectivity index (χ4v) is 4.25. The molecular formula is C32H28N4O2. The molecule has 0 unspecified atom stereocenters. The van der Waals surface area contributed by atoms with Gasteiger partial charge >= 0.3 is 0 Å². The molecular weight excluding hydrogens is 472 g/mol. The number of nitrogens with zero attached hydrogens (tertiary/aromatic N) is 3. The van der Waals surface area contributed by atoms with Crippen molar-refractivity contribution < 1.29 is 9.53 Å². The third-order valence-corrected chi connectivity index (χ3v) is 6.28. The molecule has 0 bridgehead atoms. The number of carbonyl (C=O) groups is 1. The highest BCUT2D eigenvalue weighted by Crippen LogP contribution is 2.35. The highest BCUT2D eigenvalue weighted by Gasteiger charge is 2.28. The predicted molar refractivity (Wildman–Crippen MR) is 154 cm³/mol. The summed E-state index contributed by atoms with van der Waals surface area (Å²) >= 11 is 0. The van der Waals surface area contributed by atoms with E-state index in [-0.39, 0.29) is 11.9 Å². The van der Waals surface area contributed by atoms with Gasteiger partial charge < -0.3 is 4.74 Å². The largest absolute Gasteiger partial charge is 0.497 e. The van der Waals surface area contributed by atoms with Crippen molar-refractivity contribution in [1.82, 2.24) is 5.43 Å². The number of methoxy groups -OCH3 is 1. The summed E-state index contributed by atoms with van der Waals surface area (Å²) in [5.74, 6) is 0.412. The number of nitrogens with one attached hydrogen (secondary N) is 1. The van der Waals surface area contributed by atoms with Gasteiger partial charge in [0.05, 0.1) is 30.8 Å². The molecule has 0 aliphatic carbocycles. The normalized spacial score (nSPS) is 15.1. The average molecular weight is 501 g/mol. The van der Waals surface area contributed by atoms with Crippen molar-refractivity contribution in [3.63, 3.8) is 0 Å². The van der Waals surface area contributed by atoms with Gasteiger partial charge in [-0.3, -0.25) is 9.80 Å². The number of benzene rings is 4. The fraction of sp³-hybridized carbons (Fsp3) is 0.0938. The molecule has 1 amide bonds. The molecule has 188 valence electrons. The zero-order chi connectivity index (χ0) is 26.2. The first kappa shape index (κ1) is 24.7. The number of amides is 1. The van der Waals surface area contributed by atoms with Gasteiger partial charge in [0, 0.05) is 12.0 Å². The van der Waals surface area contributed by atoms with Crippen molar-refractivity contribution in [2.45, 2.75) is 12.5 Å². The van der Waals surface area contributed by atoms with Crippen LogP contribution in [0, 0.1) is 0 Å². The highest BCUT2D eigenvalue weighted by molar-refractivity contribution is 6.01. The summed E-state index contributed by atoms with van der Waals surface area (Å²) in [5.41, 5.74) is 8.31. The Hall–Kier alpha value is -4.97. The number of ether oxygens (including phenoxy) is 1. The van der Waals surface area contributed by atoms with Crippen LogP contribution in [0.1, 0.15) is 39.5 Å². The maximum atomic E-state index is 12.3. The molecule has 0 saturated heterocycles. The third kappa shape index (κ3) is 6.05. The van der Waals surface area contributed by atoms with Gasteiger partial charge in [-0.05, 0) is 59.2 Å². The van der Waals surface area contributed by atoms with E-state index in [4.69, 9.17) is 9.84 Å². The summed E-state index contributed by atoms with van der Waals surface area (Å²) < 4.78 is 5.13. The van der Waals surface area contributed by atoms with Gasteiger partial charge in [0.15, 0.2) is 0 Å². The third-order valence-electron chi connectivity index (χ3n) is 6.28. The Morgan fingerprint density at radius 3 is 2.24 bits per heavy atom. The van der Waals surface area contributed by atoms with E-state index in [0.29, 0.717) is 11.3 Å². The Kier molecular flexibility index (Phi) is 7.70. The summed E-state index contributed by atoms with van der Waals surface area (Å²) in [5, 5.41) is 11.1. The van der Waals surface area contributed by atoms with E-state index >= 15 is 0 Å². The topological polar surface area (TPSA) is 66.3 Å². The summed E-state index contributed by atoms with van der Waals surface area (Å²) in [6.07, 6.45) is 6.64. The maximum Gasteiger partial charge on any atom is 0.271 e. The molecule has 5 rings (SSSR count). The van der Waals surface area contributed by atoms with E-state index in [1.165, 1.54) is 5.56 Å². The van der Waals surface area contributed by atoms with Crippen LogP contribution in [-0.4, -0.2) is 24.9 Å². The first-order valence-electron chi connectivity index (χ1n) is 12.4. The lowest BCUT2D eigenvalue weighted by atomic mass is 10.0. The second kappa shape index (κ2) is 11.8. The molecule has 0 saturated carbocycles. The van der Waals surface area contributed by atoms with Crippen molar-refractivity contribution >= 4 is 29.6 Å². The Morgan fingerprint density at radius 2 is 1.55 bits per heavy atom. The molecule has 0 spiro atoms. The fourth-order valence-electron chi connectivity index (χ4n) is 4.25. The Balaban J connectivity index is 1.29. The minimum Gasteiger partial charge on any atom is -0.497 e. The van der Waals surface area contributed by atoms with Crippen LogP contribution in [0.25, 0.3) is 6.08 Å². The van der Waals surface area contributed by atoms with Crippen LogP contribution in [0.3, 0.4) is 0 Å². The van der Waals surface area contributed by atoms with Crippen molar-refractivity contribution in [1.29, 1.82) is 0 Å². The van der Waals surface area contributed by atoms with Gasteiger partial charge in [-0.15, -0.1) is 0 Å². The molecule has 6 nitrogen and oxygen atoms in total. The van der Waals surface area contributed by atoms with Crippen LogP contribution in [0.2, 0.25) is 0 Å². The van der Waals surface area contributed by atoms with E-state index in [1.807, 2.05) is 48.5 Å². The monoisotopic (exact) mass is 500 g/mol. The second-order valence-corrected chi connectivity index (χ2v) is 8.83. The predicted octanol–water partition coefficient (Wildman–Crippen LogP) is 6.48. The van der Waals surface area contributed by atoms with E-state index in [9.17, 15) is 4.79 Å². The summed E-state index contributed by atoms with van der Waals surface area (Å²) in [6, 6.07) is 35.6. The van der Waals surface area contributed by atoms with E-state index in [0.717, 1.165) is 28.9 Å². The number of hydrogen-bond acceptors (Lipinski definition) is 5. The minimum absolute atomic E-state index is 0.106. The molecule has 0 radical (unpaired) electrons. The highest BCUT2D eigenvalue weighted by atomic mass is 16.5. The van der Waals surface area contributed by atoms with Crippen LogP contribution >= 0.6 is 0 Å². The van der Waals surface area contributed by atoms with Crippen LogP contribution in [-0.2, 0) is 0 Å². The summed E-state index contributed by atoms with van der Waals surface area (Å²) in [6.45, 7) is 0. The molecule has 6 heteroatoms. The van der Waals surface area contributed by atoms with Crippen molar-refractivity contribution in [3.05, 3.63) is 138 Å². The van der Waals surface area contributed by atoms with Gasteiger partial charge in [0.2, 0.25) is 0 Å². The molecule has 0 fully saturated rings. The lowest BCUT2D eigenvalue weighted by Gasteiger charge is -2.24. The molecule has 0 aromatic heterocycles. The molecule has 38 heavy (non-hydrogen) atoms. The average Bonchev–Trinajstić information content (AvgIpc) is 3.42. The van der Waals surface area contributed by atoms with Gasteiger partial charge in [0.1, 0.15) is 5.75 Å². The number of rotatable bonds is 8. The number of anilines is 1. The van der Waals surface area contributed by atoms with E-state index in [2.05, 4.69) is 64.1 Å². The molecule has 1 heterocycles. The van der Waals surface area contributed by atoms with Crippen molar-refractivity contribution in [2.24, 2.45) is 10.2 Å². The summed E-state index contributed by atoms with van der Waals surface area (Å²) in [4.78, 5) is 12.3. The van der Waals surface area contributed by atoms with Crippen molar-refractivity contribution in [3.8, 4) is 5.75 Å². The lowest BCUT2D eigenvalue weighted by Crippen LogP contribution is -2.18.